The monoisotopic (exact) mass is 342 g/mol. The van der Waals surface area contributed by atoms with Gasteiger partial charge in [0.25, 0.3) is 0 Å². The summed E-state index contributed by atoms with van der Waals surface area (Å²) in [4.78, 5) is 26.8. The number of amides is 2. The smallest absolute Gasteiger partial charge is 0.239 e. The van der Waals surface area contributed by atoms with Gasteiger partial charge in [-0.1, -0.05) is 23.2 Å². The number of piperidine rings is 1. The van der Waals surface area contributed by atoms with Crippen LogP contribution in [0.4, 0.5) is 5.69 Å². The highest BCUT2D eigenvalue weighted by Gasteiger charge is 2.39. The Labute approximate surface area is 140 Å². The second-order valence-electron chi connectivity index (χ2n) is 6.06. The summed E-state index contributed by atoms with van der Waals surface area (Å²) in [6.07, 6.45) is 3.13. The van der Waals surface area contributed by atoms with Gasteiger partial charge in [-0.05, 0) is 51.3 Å². The molecule has 0 radical (unpaired) electrons. The van der Waals surface area contributed by atoms with E-state index in [0.717, 1.165) is 32.4 Å². The molecule has 2 rings (SSSR count). The minimum atomic E-state index is -1.12. The molecule has 0 spiro atoms. The predicted molar refractivity (Wildman–Crippen MR) is 89.3 cm³/mol. The van der Waals surface area contributed by atoms with E-state index < -0.39 is 5.41 Å². The van der Waals surface area contributed by atoms with Crippen molar-refractivity contribution in [2.24, 2.45) is 5.41 Å². The summed E-state index contributed by atoms with van der Waals surface area (Å²) in [6.45, 7) is 4.75. The number of rotatable bonds is 3. The van der Waals surface area contributed by atoms with E-state index in [9.17, 15) is 9.59 Å². The Morgan fingerprint density at radius 2 is 1.73 bits per heavy atom. The standard InChI is InChI=1S/C16H20Cl2N2O2/c1-16(2,15(22)20-8-4-3-5-9-20)14(21)19-11-6-7-12(17)13(18)10-11/h6-7,10H,3-5,8-9H2,1-2H3,(H,19,21). The van der Waals surface area contributed by atoms with E-state index in [1.54, 1.807) is 36.9 Å². The minimum absolute atomic E-state index is 0.134. The van der Waals surface area contributed by atoms with Gasteiger partial charge in [-0.3, -0.25) is 9.59 Å². The van der Waals surface area contributed by atoms with Crippen LogP contribution in [0.15, 0.2) is 18.2 Å². The van der Waals surface area contributed by atoms with Crippen LogP contribution in [-0.2, 0) is 9.59 Å². The number of halogens is 2. The first kappa shape index (κ1) is 17.1. The zero-order chi connectivity index (χ0) is 16.3. The van der Waals surface area contributed by atoms with E-state index in [-0.39, 0.29) is 11.8 Å². The van der Waals surface area contributed by atoms with E-state index in [0.29, 0.717) is 15.7 Å². The molecule has 1 aromatic rings. The van der Waals surface area contributed by atoms with Crippen molar-refractivity contribution in [3.05, 3.63) is 28.2 Å². The zero-order valence-electron chi connectivity index (χ0n) is 12.8. The number of carbonyl (C=O) groups excluding carboxylic acids is 2. The van der Waals surface area contributed by atoms with Gasteiger partial charge in [-0.2, -0.15) is 0 Å². The first-order chi connectivity index (χ1) is 10.3. The van der Waals surface area contributed by atoms with E-state index in [1.807, 2.05) is 0 Å². The van der Waals surface area contributed by atoms with Crippen LogP contribution in [0.25, 0.3) is 0 Å². The molecule has 2 amide bonds. The van der Waals surface area contributed by atoms with Crippen LogP contribution < -0.4 is 5.32 Å². The maximum absolute atomic E-state index is 12.6. The molecule has 1 saturated heterocycles. The van der Waals surface area contributed by atoms with Gasteiger partial charge in [0.2, 0.25) is 11.8 Å². The molecular weight excluding hydrogens is 323 g/mol. The second kappa shape index (κ2) is 6.88. The van der Waals surface area contributed by atoms with Crippen LogP contribution in [0.1, 0.15) is 33.1 Å². The molecular formula is C16H20Cl2N2O2. The number of nitrogens with one attached hydrogen (secondary N) is 1. The molecule has 0 bridgehead atoms. The maximum atomic E-state index is 12.6. The number of anilines is 1. The molecule has 0 aliphatic carbocycles. The lowest BCUT2D eigenvalue weighted by molar-refractivity contribution is -0.147. The number of carbonyl (C=O) groups is 2. The van der Waals surface area contributed by atoms with Gasteiger partial charge in [0, 0.05) is 18.8 Å². The normalized spacial score (nSPS) is 15.5. The third-order valence-corrected chi connectivity index (χ3v) is 4.66. The Hall–Kier alpha value is -1.26. The molecule has 1 N–H and O–H groups in total. The minimum Gasteiger partial charge on any atom is -0.342 e. The van der Waals surface area contributed by atoms with Crippen LogP contribution in [0.2, 0.25) is 10.0 Å². The van der Waals surface area contributed by atoms with Crippen molar-refractivity contribution in [1.29, 1.82) is 0 Å². The molecule has 4 nitrogen and oxygen atoms in total. The number of benzene rings is 1. The van der Waals surface area contributed by atoms with Crippen LogP contribution in [0, 0.1) is 5.41 Å². The lowest BCUT2D eigenvalue weighted by Gasteiger charge is -2.33. The lowest BCUT2D eigenvalue weighted by atomic mass is 9.89. The number of nitrogens with zero attached hydrogens (tertiary/aromatic N) is 1. The number of likely N-dealkylation sites (tertiary alicyclic amines) is 1. The highest BCUT2D eigenvalue weighted by molar-refractivity contribution is 6.42. The van der Waals surface area contributed by atoms with Crippen molar-refractivity contribution in [1.82, 2.24) is 4.90 Å². The van der Waals surface area contributed by atoms with Crippen LogP contribution in [-0.4, -0.2) is 29.8 Å². The topological polar surface area (TPSA) is 49.4 Å². The Morgan fingerprint density at radius 1 is 1.09 bits per heavy atom. The fourth-order valence-electron chi connectivity index (χ4n) is 2.45. The van der Waals surface area contributed by atoms with Gasteiger partial charge in [0.1, 0.15) is 5.41 Å². The molecule has 120 valence electrons. The summed E-state index contributed by atoms with van der Waals surface area (Å²) in [5.74, 6) is -0.480. The molecule has 1 aromatic carbocycles. The maximum Gasteiger partial charge on any atom is 0.239 e. The summed E-state index contributed by atoms with van der Waals surface area (Å²) in [5.41, 5.74) is -0.595. The van der Waals surface area contributed by atoms with Crippen molar-refractivity contribution >= 4 is 40.7 Å². The Kier molecular flexibility index (Phi) is 5.35. The van der Waals surface area contributed by atoms with Crippen molar-refractivity contribution in [2.75, 3.05) is 18.4 Å². The van der Waals surface area contributed by atoms with E-state index >= 15 is 0 Å². The quantitative estimate of drug-likeness (QED) is 0.845. The first-order valence-corrected chi connectivity index (χ1v) is 8.14. The molecule has 1 fully saturated rings. The Bertz CT molecular complexity index is 582. The molecule has 0 atom stereocenters. The van der Waals surface area contributed by atoms with Gasteiger partial charge in [0.15, 0.2) is 0 Å². The lowest BCUT2D eigenvalue weighted by Crippen LogP contribution is -2.48. The van der Waals surface area contributed by atoms with Gasteiger partial charge in [-0.25, -0.2) is 0 Å². The predicted octanol–water partition coefficient (Wildman–Crippen LogP) is 3.97. The van der Waals surface area contributed by atoms with E-state index in [2.05, 4.69) is 5.32 Å². The summed E-state index contributed by atoms with van der Waals surface area (Å²) in [7, 11) is 0. The summed E-state index contributed by atoms with van der Waals surface area (Å²) in [6, 6.07) is 4.84. The number of hydrogen-bond acceptors (Lipinski definition) is 2. The average Bonchev–Trinajstić information content (AvgIpc) is 2.51. The molecule has 6 heteroatoms. The average molecular weight is 343 g/mol. The highest BCUT2D eigenvalue weighted by Crippen LogP contribution is 2.28. The zero-order valence-corrected chi connectivity index (χ0v) is 14.3. The second-order valence-corrected chi connectivity index (χ2v) is 6.88. The van der Waals surface area contributed by atoms with Crippen molar-refractivity contribution in [2.45, 2.75) is 33.1 Å². The van der Waals surface area contributed by atoms with E-state index in [4.69, 9.17) is 23.2 Å². The van der Waals surface area contributed by atoms with Gasteiger partial charge in [-0.15, -0.1) is 0 Å². The van der Waals surface area contributed by atoms with Gasteiger partial charge < -0.3 is 10.2 Å². The van der Waals surface area contributed by atoms with Crippen LogP contribution >= 0.6 is 23.2 Å². The molecule has 0 saturated carbocycles. The highest BCUT2D eigenvalue weighted by atomic mass is 35.5. The van der Waals surface area contributed by atoms with Crippen LogP contribution in [0.5, 0.6) is 0 Å². The Balaban J connectivity index is 2.08. The molecule has 0 unspecified atom stereocenters. The fourth-order valence-corrected chi connectivity index (χ4v) is 2.75. The Morgan fingerprint density at radius 3 is 2.32 bits per heavy atom. The van der Waals surface area contributed by atoms with Crippen molar-refractivity contribution in [3.8, 4) is 0 Å². The van der Waals surface area contributed by atoms with E-state index in [1.165, 1.54) is 0 Å². The van der Waals surface area contributed by atoms with Gasteiger partial charge >= 0.3 is 0 Å². The third kappa shape index (κ3) is 3.73. The van der Waals surface area contributed by atoms with Crippen molar-refractivity contribution in [3.63, 3.8) is 0 Å². The molecule has 0 aromatic heterocycles. The summed E-state index contributed by atoms with van der Waals surface area (Å²) >= 11 is 11.8. The largest absolute Gasteiger partial charge is 0.342 e. The third-order valence-electron chi connectivity index (χ3n) is 3.92. The van der Waals surface area contributed by atoms with Crippen molar-refractivity contribution < 1.29 is 9.59 Å². The molecule has 1 aliphatic heterocycles. The first-order valence-electron chi connectivity index (χ1n) is 7.38. The molecule has 1 aliphatic rings. The molecule has 22 heavy (non-hydrogen) atoms. The fraction of sp³-hybridized carbons (Fsp3) is 0.500. The summed E-state index contributed by atoms with van der Waals surface area (Å²) in [5, 5.41) is 3.52. The molecule has 1 heterocycles. The van der Waals surface area contributed by atoms with Crippen LogP contribution in [0.3, 0.4) is 0 Å². The summed E-state index contributed by atoms with van der Waals surface area (Å²) < 4.78 is 0. The van der Waals surface area contributed by atoms with Gasteiger partial charge in [0.05, 0.1) is 10.0 Å². The number of hydrogen-bond donors (Lipinski definition) is 1. The SMILES string of the molecule is CC(C)(C(=O)Nc1ccc(Cl)c(Cl)c1)C(=O)N1CCCCC1.